The van der Waals surface area contributed by atoms with Crippen LogP contribution >= 0.6 is 0 Å². The molecule has 1 aromatic rings. The van der Waals surface area contributed by atoms with Crippen molar-refractivity contribution in [2.45, 2.75) is 20.8 Å². The maximum absolute atomic E-state index is 12.6. The van der Waals surface area contributed by atoms with Crippen LogP contribution in [0.1, 0.15) is 41.5 Å². The molecule has 0 aromatic heterocycles. The third-order valence-electron chi connectivity index (χ3n) is 3.05. The van der Waals surface area contributed by atoms with Crippen LogP contribution in [0.25, 0.3) is 0 Å². The van der Waals surface area contributed by atoms with Crippen LogP contribution in [0.4, 0.5) is 0 Å². The van der Waals surface area contributed by atoms with Gasteiger partial charge in [0.2, 0.25) is 0 Å². The largest absolute Gasteiger partial charge is 0.643 e. The van der Waals surface area contributed by atoms with Gasteiger partial charge in [0.15, 0.2) is 0 Å². The van der Waals surface area contributed by atoms with Gasteiger partial charge in [0.1, 0.15) is 0 Å². The van der Waals surface area contributed by atoms with Crippen molar-refractivity contribution in [1.82, 2.24) is 4.57 Å². The van der Waals surface area contributed by atoms with Crippen LogP contribution in [-0.2, 0) is 13.3 Å². The molecule has 21 heavy (non-hydrogen) atoms. The van der Waals surface area contributed by atoms with E-state index in [4.69, 9.17) is 13.3 Å². The number of amides is 2. The second kappa shape index (κ2) is 6.48. The van der Waals surface area contributed by atoms with E-state index < -0.39 is 20.8 Å². The molecule has 114 valence electrons. The fraction of sp³-hybridized carbons (Fsp3) is 0.429. The van der Waals surface area contributed by atoms with Gasteiger partial charge in [-0.3, -0.25) is 9.59 Å². The summed E-state index contributed by atoms with van der Waals surface area (Å²) in [5.74, 6) is -0.838. The van der Waals surface area contributed by atoms with Gasteiger partial charge in [-0.25, -0.2) is 4.57 Å². The lowest BCUT2D eigenvalue weighted by atomic mass is 10.1. The van der Waals surface area contributed by atoms with Crippen molar-refractivity contribution in [2.24, 2.45) is 0 Å². The first-order valence-electron chi connectivity index (χ1n) is 7.01. The molecule has 2 amide bonds. The molecule has 1 aromatic carbocycles. The van der Waals surface area contributed by atoms with E-state index in [-0.39, 0.29) is 0 Å². The third-order valence-corrected chi connectivity index (χ3v) is 5.96. The normalized spacial score (nSPS) is 14.7. The van der Waals surface area contributed by atoms with E-state index in [2.05, 4.69) is 0 Å². The molecule has 0 N–H and O–H groups in total. The summed E-state index contributed by atoms with van der Waals surface area (Å²) in [7, 11) is -3.55. The predicted octanol–water partition coefficient (Wildman–Crippen LogP) is 1.83. The van der Waals surface area contributed by atoms with E-state index in [0.29, 0.717) is 30.9 Å². The van der Waals surface area contributed by atoms with Gasteiger partial charge in [0.25, 0.3) is 11.8 Å². The lowest BCUT2D eigenvalue weighted by molar-refractivity contribution is 0.0194. The minimum absolute atomic E-state index is 0.291. The summed E-state index contributed by atoms with van der Waals surface area (Å²) in [5, 5.41) is 0. The number of carbonyl (C=O) groups excluding carboxylic acids is 2. The van der Waals surface area contributed by atoms with Crippen molar-refractivity contribution in [3.8, 4) is 0 Å². The molecule has 0 unspecified atom stereocenters. The van der Waals surface area contributed by atoms with Crippen LogP contribution in [0.5, 0.6) is 0 Å². The third kappa shape index (κ3) is 2.65. The monoisotopic (exact) mass is 309 g/mol. The van der Waals surface area contributed by atoms with Crippen molar-refractivity contribution < 1.29 is 22.9 Å². The molecule has 0 atom stereocenters. The highest BCUT2D eigenvalue weighted by molar-refractivity contribution is 6.66. The van der Waals surface area contributed by atoms with E-state index in [1.807, 2.05) is 0 Å². The first-order valence-corrected chi connectivity index (χ1v) is 8.68. The Morgan fingerprint density at radius 3 is 1.57 bits per heavy atom. The topological polar surface area (TPSA) is 65.1 Å². The number of nitrogens with zero attached hydrogens (tertiary/aromatic N) is 1. The number of hydrogen-bond donors (Lipinski definition) is 0. The fourth-order valence-corrected chi connectivity index (χ4v) is 4.77. The molecule has 0 aliphatic carbocycles. The Kier molecular flexibility index (Phi) is 4.89. The molecule has 0 radical (unpaired) electrons. The molecule has 0 bridgehead atoms. The lowest BCUT2D eigenvalue weighted by Crippen LogP contribution is -2.63. The highest BCUT2D eigenvalue weighted by atomic mass is 28.4. The predicted molar refractivity (Wildman–Crippen MR) is 77.6 cm³/mol. The van der Waals surface area contributed by atoms with Gasteiger partial charge in [-0.15, -0.1) is 0 Å². The van der Waals surface area contributed by atoms with E-state index >= 15 is 0 Å². The molecule has 0 saturated heterocycles. The Balaban J connectivity index is 2.46. The Bertz CT molecular complexity index is 496. The minimum atomic E-state index is -3.55. The molecule has 1 heterocycles. The summed E-state index contributed by atoms with van der Waals surface area (Å²) >= 11 is 0. The van der Waals surface area contributed by atoms with E-state index in [9.17, 15) is 9.59 Å². The van der Waals surface area contributed by atoms with Crippen molar-refractivity contribution in [1.29, 1.82) is 0 Å². The minimum Gasteiger partial charge on any atom is -0.356 e. The molecule has 2 rings (SSSR count). The maximum atomic E-state index is 12.6. The number of hydrogen-bond acceptors (Lipinski definition) is 5. The summed E-state index contributed by atoms with van der Waals surface area (Å²) in [6.07, 6.45) is 0. The van der Waals surface area contributed by atoms with Gasteiger partial charge in [0, 0.05) is 19.8 Å². The zero-order valence-electron chi connectivity index (χ0n) is 12.4. The molecule has 1 aliphatic rings. The quantitative estimate of drug-likeness (QED) is 0.568. The zero-order chi connectivity index (χ0) is 15.5. The van der Waals surface area contributed by atoms with Crippen molar-refractivity contribution in [3.05, 3.63) is 35.4 Å². The molecule has 6 nitrogen and oxygen atoms in total. The highest BCUT2D eigenvalue weighted by Crippen LogP contribution is 2.29. The summed E-state index contributed by atoms with van der Waals surface area (Å²) in [6, 6.07) is 6.69. The van der Waals surface area contributed by atoms with Crippen LogP contribution < -0.4 is 0 Å². The molecular formula is C14H19NO5Si. The van der Waals surface area contributed by atoms with Gasteiger partial charge in [-0.2, -0.15) is 0 Å². The Morgan fingerprint density at radius 1 is 0.857 bits per heavy atom. The van der Waals surface area contributed by atoms with Crippen molar-refractivity contribution in [3.63, 3.8) is 0 Å². The van der Waals surface area contributed by atoms with Crippen LogP contribution in [-0.4, -0.2) is 45.2 Å². The van der Waals surface area contributed by atoms with Gasteiger partial charge >= 0.3 is 8.97 Å². The second-order valence-corrected chi connectivity index (χ2v) is 6.68. The first kappa shape index (κ1) is 15.8. The van der Waals surface area contributed by atoms with Crippen molar-refractivity contribution in [2.75, 3.05) is 19.8 Å². The van der Waals surface area contributed by atoms with Crippen LogP contribution in [0.3, 0.4) is 0 Å². The molecule has 7 heteroatoms. The standard InChI is InChI=1S/C14H19NO5Si/c1-4-18-21(19-5-2,20-6-3)15-13(16)11-9-7-8-10-12(11)14(15)17/h7-10H,4-6H2,1-3H3. The number of rotatable bonds is 7. The smallest absolute Gasteiger partial charge is 0.356 e. The van der Waals surface area contributed by atoms with Gasteiger partial charge < -0.3 is 13.3 Å². The van der Waals surface area contributed by atoms with Gasteiger partial charge in [-0.1, -0.05) is 12.1 Å². The fourth-order valence-electron chi connectivity index (χ4n) is 2.30. The SMILES string of the molecule is CCO[Si](OCC)(OCC)N1C(=O)c2ccccc2C1=O. The average molecular weight is 309 g/mol. The van der Waals surface area contributed by atoms with Gasteiger partial charge in [-0.05, 0) is 32.9 Å². The van der Waals surface area contributed by atoms with E-state index in [1.165, 1.54) is 0 Å². The lowest BCUT2D eigenvalue weighted by Gasteiger charge is -2.33. The van der Waals surface area contributed by atoms with Crippen LogP contribution in [0.15, 0.2) is 24.3 Å². The Morgan fingerprint density at radius 2 is 1.24 bits per heavy atom. The highest BCUT2D eigenvalue weighted by Gasteiger charge is 2.58. The van der Waals surface area contributed by atoms with Gasteiger partial charge in [0.05, 0.1) is 11.1 Å². The van der Waals surface area contributed by atoms with E-state index in [1.54, 1.807) is 45.0 Å². The molecular weight excluding hydrogens is 290 g/mol. The average Bonchev–Trinajstić information content (AvgIpc) is 2.73. The summed E-state index contributed by atoms with van der Waals surface area (Å²) in [5.41, 5.74) is 0.719. The number of carbonyl (C=O) groups is 2. The molecule has 1 aliphatic heterocycles. The number of benzene rings is 1. The van der Waals surface area contributed by atoms with E-state index in [0.717, 1.165) is 4.57 Å². The molecule has 0 fully saturated rings. The molecule has 0 saturated carbocycles. The number of imide groups is 1. The van der Waals surface area contributed by atoms with Crippen molar-refractivity contribution >= 4 is 20.8 Å². The summed E-state index contributed by atoms with van der Waals surface area (Å²) < 4.78 is 18.0. The summed E-state index contributed by atoms with van der Waals surface area (Å²) in [4.78, 5) is 25.2. The van der Waals surface area contributed by atoms with Crippen LogP contribution in [0, 0.1) is 0 Å². The zero-order valence-corrected chi connectivity index (χ0v) is 13.4. The van der Waals surface area contributed by atoms with Crippen LogP contribution in [0.2, 0.25) is 0 Å². The molecule has 0 spiro atoms. The first-order chi connectivity index (χ1) is 10.1. The number of fused-ring (bicyclic) bond motifs is 1. The maximum Gasteiger partial charge on any atom is 0.643 e. The second-order valence-electron chi connectivity index (χ2n) is 4.31. The Labute approximate surface area is 125 Å². The Hall–Kier alpha value is -1.54. The summed E-state index contributed by atoms with van der Waals surface area (Å²) in [6.45, 7) is 6.20.